The Kier molecular flexibility index (Phi) is 6.69. The molecule has 1 fully saturated rings. The van der Waals surface area contributed by atoms with Crippen LogP contribution in [0.1, 0.15) is 43.6 Å². The standard InChI is InChI=1S/C26H27FN2O3/c1-32-24-15-23(29-22-4-2-3-21(27)14-22)16-28-26(24)20-11-9-19(10-12-20)18-7-5-17(6-8-18)13-25(30)31/h2-4,9-12,14-18,29H,5-8,13H2,1H3,(H,30,31). The molecule has 0 amide bonds. The van der Waals surface area contributed by atoms with E-state index in [1.807, 2.05) is 6.07 Å². The Morgan fingerprint density at radius 2 is 1.84 bits per heavy atom. The predicted octanol–water partition coefficient (Wildman–Crippen LogP) is 6.39. The smallest absolute Gasteiger partial charge is 0.303 e. The first-order chi connectivity index (χ1) is 15.5. The molecule has 1 saturated carbocycles. The van der Waals surface area contributed by atoms with Crippen molar-refractivity contribution >= 4 is 17.3 Å². The molecule has 0 bridgehead atoms. The number of methoxy groups -OCH3 is 1. The van der Waals surface area contributed by atoms with Crippen molar-refractivity contribution < 1.29 is 19.0 Å². The summed E-state index contributed by atoms with van der Waals surface area (Å²) in [6.45, 7) is 0. The van der Waals surface area contributed by atoms with Gasteiger partial charge < -0.3 is 15.2 Å². The number of halogens is 1. The monoisotopic (exact) mass is 434 g/mol. The number of carbonyl (C=O) groups is 1. The van der Waals surface area contributed by atoms with E-state index in [0.717, 1.165) is 36.9 Å². The minimum absolute atomic E-state index is 0.279. The largest absolute Gasteiger partial charge is 0.494 e. The molecule has 1 aliphatic carbocycles. The van der Waals surface area contributed by atoms with Crippen LogP contribution in [0.3, 0.4) is 0 Å². The van der Waals surface area contributed by atoms with E-state index in [1.165, 1.54) is 17.7 Å². The second kappa shape index (κ2) is 9.81. The average Bonchev–Trinajstić information content (AvgIpc) is 2.79. The van der Waals surface area contributed by atoms with Crippen molar-refractivity contribution in [3.8, 4) is 17.0 Å². The van der Waals surface area contributed by atoms with E-state index >= 15 is 0 Å². The number of carboxylic acid groups (broad SMARTS) is 1. The molecule has 0 radical (unpaired) electrons. The second-order valence-electron chi connectivity index (χ2n) is 8.35. The number of carboxylic acids is 1. The molecule has 0 unspecified atom stereocenters. The topological polar surface area (TPSA) is 71.5 Å². The lowest BCUT2D eigenvalue weighted by molar-refractivity contribution is -0.138. The van der Waals surface area contributed by atoms with Gasteiger partial charge in [-0.05, 0) is 61.3 Å². The van der Waals surface area contributed by atoms with Crippen molar-refractivity contribution in [2.45, 2.75) is 38.0 Å². The molecule has 0 atom stereocenters. The Bertz CT molecular complexity index is 1080. The molecule has 1 heterocycles. The molecule has 5 nitrogen and oxygen atoms in total. The lowest BCUT2D eigenvalue weighted by atomic mass is 9.77. The van der Waals surface area contributed by atoms with E-state index in [9.17, 15) is 9.18 Å². The third kappa shape index (κ3) is 5.25. The lowest BCUT2D eigenvalue weighted by Gasteiger charge is -2.28. The first kappa shape index (κ1) is 21.8. The number of anilines is 2. The van der Waals surface area contributed by atoms with Gasteiger partial charge in [-0.3, -0.25) is 9.78 Å². The number of aromatic nitrogens is 1. The Balaban J connectivity index is 1.46. The summed E-state index contributed by atoms with van der Waals surface area (Å²) in [5.74, 6) is 0.407. The highest BCUT2D eigenvalue weighted by Gasteiger charge is 2.24. The summed E-state index contributed by atoms with van der Waals surface area (Å²) in [6, 6.07) is 16.5. The van der Waals surface area contributed by atoms with Crippen LogP contribution >= 0.6 is 0 Å². The summed E-state index contributed by atoms with van der Waals surface area (Å²) in [5.41, 5.74) is 4.34. The zero-order valence-corrected chi connectivity index (χ0v) is 18.1. The third-order valence-electron chi connectivity index (χ3n) is 6.15. The maximum absolute atomic E-state index is 13.4. The maximum atomic E-state index is 13.4. The molecule has 32 heavy (non-hydrogen) atoms. The molecule has 6 heteroatoms. The van der Waals surface area contributed by atoms with Crippen LogP contribution in [0.5, 0.6) is 5.75 Å². The highest BCUT2D eigenvalue weighted by molar-refractivity contribution is 5.71. The van der Waals surface area contributed by atoms with Gasteiger partial charge in [0.05, 0.1) is 19.0 Å². The van der Waals surface area contributed by atoms with E-state index in [2.05, 4.69) is 34.6 Å². The highest BCUT2D eigenvalue weighted by Crippen LogP contribution is 2.38. The van der Waals surface area contributed by atoms with Crippen molar-refractivity contribution in [2.24, 2.45) is 5.92 Å². The quantitative estimate of drug-likeness (QED) is 0.451. The molecule has 2 aromatic carbocycles. The molecule has 1 aromatic heterocycles. The molecule has 1 aliphatic rings. The summed E-state index contributed by atoms with van der Waals surface area (Å²) in [6.07, 6.45) is 5.97. The number of nitrogens with one attached hydrogen (secondary N) is 1. The Labute approximate surface area is 187 Å². The second-order valence-corrected chi connectivity index (χ2v) is 8.35. The molecule has 3 aromatic rings. The fourth-order valence-corrected chi connectivity index (χ4v) is 4.48. The van der Waals surface area contributed by atoms with Gasteiger partial charge in [0.2, 0.25) is 0 Å². The fourth-order valence-electron chi connectivity index (χ4n) is 4.48. The van der Waals surface area contributed by atoms with Gasteiger partial charge in [-0.15, -0.1) is 0 Å². The molecular formula is C26H27FN2O3. The van der Waals surface area contributed by atoms with Crippen LogP contribution in [0.4, 0.5) is 15.8 Å². The van der Waals surface area contributed by atoms with E-state index in [0.29, 0.717) is 29.0 Å². The van der Waals surface area contributed by atoms with Crippen molar-refractivity contribution in [1.29, 1.82) is 0 Å². The summed E-state index contributed by atoms with van der Waals surface area (Å²) >= 11 is 0. The number of benzene rings is 2. The minimum atomic E-state index is -0.698. The summed E-state index contributed by atoms with van der Waals surface area (Å²) in [5, 5.41) is 12.1. The van der Waals surface area contributed by atoms with Gasteiger partial charge >= 0.3 is 5.97 Å². The van der Waals surface area contributed by atoms with Crippen molar-refractivity contribution in [1.82, 2.24) is 4.98 Å². The molecule has 0 aliphatic heterocycles. The zero-order valence-electron chi connectivity index (χ0n) is 18.1. The van der Waals surface area contributed by atoms with Crippen LogP contribution in [0.25, 0.3) is 11.3 Å². The Hall–Kier alpha value is -3.41. The van der Waals surface area contributed by atoms with E-state index in [-0.39, 0.29) is 12.2 Å². The van der Waals surface area contributed by atoms with Gasteiger partial charge in [0.15, 0.2) is 0 Å². The molecule has 4 rings (SSSR count). The number of aliphatic carboxylic acids is 1. The van der Waals surface area contributed by atoms with Gasteiger partial charge in [-0.25, -0.2) is 4.39 Å². The van der Waals surface area contributed by atoms with Crippen molar-refractivity contribution in [3.05, 3.63) is 72.2 Å². The number of ether oxygens (including phenoxy) is 1. The van der Waals surface area contributed by atoms with E-state index in [1.54, 1.807) is 25.4 Å². The minimum Gasteiger partial charge on any atom is -0.494 e. The van der Waals surface area contributed by atoms with Crippen molar-refractivity contribution in [2.75, 3.05) is 12.4 Å². The van der Waals surface area contributed by atoms with Crippen LogP contribution in [-0.2, 0) is 4.79 Å². The van der Waals surface area contributed by atoms with Gasteiger partial charge in [0.25, 0.3) is 0 Å². The molecular weight excluding hydrogens is 407 g/mol. The summed E-state index contributed by atoms with van der Waals surface area (Å²) < 4.78 is 19.0. The number of hydrogen-bond acceptors (Lipinski definition) is 4. The number of rotatable bonds is 7. The Morgan fingerprint density at radius 3 is 2.50 bits per heavy atom. The third-order valence-corrected chi connectivity index (χ3v) is 6.15. The fraction of sp³-hybridized carbons (Fsp3) is 0.308. The zero-order chi connectivity index (χ0) is 22.5. The van der Waals surface area contributed by atoms with Gasteiger partial charge in [-0.2, -0.15) is 0 Å². The molecule has 0 spiro atoms. The first-order valence-corrected chi connectivity index (χ1v) is 10.9. The van der Waals surface area contributed by atoms with Crippen LogP contribution in [0.15, 0.2) is 60.8 Å². The summed E-state index contributed by atoms with van der Waals surface area (Å²) in [7, 11) is 1.61. The predicted molar refractivity (Wildman–Crippen MR) is 123 cm³/mol. The van der Waals surface area contributed by atoms with E-state index < -0.39 is 5.97 Å². The first-order valence-electron chi connectivity index (χ1n) is 10.9. The Morgan fingerprint density at radius 1 is 1.09 bits per heavy atom. The number of pyridine rings is 1. The molecule has 166 valence electrons. The average molecular weight is 435 g/mol. The maximum Gasteiger partial charge on any atom is 0.303 e. The normalized spacial score (nSPS) is 18.2. The van der Waals surface area contributed by atoms with Crippen LogP contribution in [0.2, 0.25) is 0 Å². The molecule has 2 N–H and O–H groups in total. The van der Waals surface area contributed by atoms with Crippen LogP contribution < -0.4 is 10.1 Å². The summed E-state index contributed by atoms with van der Waals surface area (Å²) in [4.78, 5) is 15.5. The van der Waals surface area contributed by atoms with Crippen molar-refractivity contribution in [3.63, 3.8) is 0 Å². The van der Waals surface area contributed by atoms with Crippen LogP contribution in [-0.4, -0.2) is 23.2 Å². The van der Waals surface area contributed by atoms with E-state index in [4.69, 9.17) is 9.84 Å². The van der Waals surface area contributed by atoms with Gasteiger partial charge in [0, 0.05) is 23.7 Å². The van der Waals surface area contributed by atoms with Crippen LogP contribution in [0, 0.1) is 11.7 Å². The lowest BCUT2D eigenvalue weighted by Crippen LogP contribution is -2.16. The molecule has 0 saturated heterocycles. The highest BCUT2D eigenvalue weighted by atomic mass is 19.1. The number of hydrogen-bond donors (Lipinski definition) is 2. The SMILES string of the molecule is COc1cc(Nc2cccc(F)c2)cnc1-c1ccc(C2CCC(CC(=O)O)CC2)cc1. The van der Waals surface area contributed by atoms with Gasteiger partial charge in [-0.1, -0.05) is 30.3 Å². The number of nitrogens with zero attached hydrogens (tertiary/aromatic N) is 1. The van der Waals surface area contributed by atoms with Gasteiger partial charge in [0.1, 0.15) is 17.3 Å².